The number of aromatic nitrogens is 3. The van der Waals surface area contributed by atoms with Crippen LogP contribution < -0.4 is 25.5 Å². The number of hydrogen-bond acceptors (Lipinski definition) is 8. The second-order valence-corrected chi connectivity index (χ2v) is 11.5. The number of hydrogen-bond donors (Lipinski definition) is 1. The van der Waals surface area contributed by atoms with Gasteiger partial charge in [0.05, 0.1) is 29.9 Å². The number of nitrogens with two attached hydrogens (primary N) is 1. The van der Waals surface area contributed by atoms with Crippen molar-refractivity contribution in [2.45, 2.75) is 44.4 Å². The van der Waals surface area contributed by atoms with Crippen molar-refractivity contribution in [2.24, 2.45) is 0 Å². The predicted molar refractivity (Wildman–Crippen MR) is 157 cm³/mol. The number of halogens is 3. The third-order valence-corrected chi connectivity index (χ3v) is 8.43. The lowest BCUT2D eigenvalue weighted by atomic mass is 9.98. The molecule has 43 heavy (non-hydrogen) atoms. The average molecular weight is 595 g/mol. The van der Waals surface area contributed by atoms with Gasteiger partial charge in [-0.05, 0) is 49.6 Å². The fourth-order valence-electron chi connectivity index (χ4n) is 6.03. The Morgan fingerprint density at radius 3 is 2.79 bits per heavy atom. The molecule has 2 N–H and O–H groups in total. The first-order valence-electron chi connectivity index (χ1n) is 14.2. The number of methoxy groups -OCH3 is 1. The Morgan fingerprint density at radius 2 is 2.05 bits per heavy atom. The van der Waals surface area contributed by atoms with E-state index in [1.807, 2.05) is 18.2 Å². The molecule has 0 spiro atoms. The molecule has 2 aliphatic rings. The van der Waals surface area contributed by atoms with E-state index in [-0.39, 0.29) is 35.8 Å². The van der Waals surface area contributed by atoms with E-state index in [0.29, 0.717) is 30.4 Å². The third-order valence-electron chi connectivity index (χ3n) is 8.43. The van der Waals surface area contributed by atoms with Crippen molar-refractivity contribution in [2.75, 3.05) is 44.1 Å². The number of rotatable bonds is 8. The monoisotopic (exact) mass is 594 g/mol. The first-order valence-corrected chi connectivity index (χ1v) is 14.2. The van der Waals surface area contributed by atoms with Crippen LogP contribution in [0.5, 0.6) is 11.6 Å². The van der Waals surface area contributed by atoms with Crippen molar-refractivity contribution < 1.29 is 22.6 Å². The van der Waals surface area contributed by atoms with Gasteiger partial charge in [-0.25, -0.2) is 18.7 Å². The SMILES string of the molecule is COc1cc(CN(Cc2cn3c4c(c(F)c(F)cc4c2=O)OCC3(C)CF)[C@H]2CCCN(c3ccc(N)nc3)C2)ccn1. The fraction of sp³-hybridized carbons (Fsp3) is 0.387. The van der Waals surface area contributed by atoms with Crippen LogP contribution in [-0.4, -0.2) is 59.0 Å². The fourth-order valence-corrected chi connectivity index (χ4v) is 6.03. The highest BCUT2D eigenvalue weighted by Crippen LogP contribution is 2.38. The average Bonchev–Trinajstić information content (AvgIpc) is 3.02. The van der Waals surface area contributed by atoms with Crippen molar-refractivity contribution >= 4 is 22.4 Å². The highest BCUT2D eigenvalue weighted by Gasteiger charge is 2.37. The lowest BCUT2D eigenvalue weighted by Crippen LogP contribution is -2.48. The molecular weight excluding hydrogens is 561 g/mol. The van der Waals surface area contributed by atoms with E-state index >= 15 is 0 Å². The van der Waals surface area contributed by atoms with Crippen LogP contribution in [-0.2, 0) is 18.6 Å². The van der Waals surface area contributed by atoms with Crippen LogP contribution in [0.15, 0.2) is 53.7 Å². The molecule has 4 aromatic rings. The second-order valence-electron chi connectivity index (χ2n) is 11.5. The molecule has 3 aromatic heterocycles. The van der Waals surface area contributed by atoms with Crippen molar-refractivity contribution in [1.29, 1.82) is 0 Å². The van der Waals surface area contributed by atoms with Gasteiger partial charge < -0.3 is 24.7 Å². The normalized spacial score (nSPS) is 20.0. The van der Waals surface area contributed by atoms with Gasteiger partial charge in [-0.1, -0.05) is 0 Å². The lowest BCUT2D eigenvalue weighted by Gasteiger charge is -2.41. The van der Waals surface area contributed by atoms with Crippen LogP contribution in [0, 0.1) is 11.6 Å². The molecule has 226 valence electrons. The summed E-state index contributed by atoms with van der Waals surface area (Å²) in [6.45, 7) is 2.75. The summed E-state index contributed by atoms with van der Waals surface area (Å²) in [5, 5.41) is -0.0467. The molecule has 6 rings (SSSR count). The number of nitrogen functional groups attached to an aromatic ring is 1. The predicted octanol–water partition coefficient (Wildman–Crippen LogP) is 4.41. The van der Waals surface area contributed by atoms with E-state index in [4.69, 9.17) is 15.2 Å². The van der Waals surface area contributed by atoms with Gasteiger partial charge in [0.2, 0.25) is 11.7 Å². The van der Waals surface area contributed by atoms with Crippen molar-refractivity contribution in [3.05, 3.63) is 81.9 Å². The lowest BCUT2D eigenvalue weighted by molar-refractivity contribution is 0.117. The number of ether oxygens (including phenoxy) is 2. The van der Waals surface area contributed by atoms with Crippen molar-refractivity contribution in [1.82, 2.24) is 19.4 Å². The van der Waals surface area contributed by atoms with Gasteiger partial charge >= 0.3 is 0 Å². The third kappa shape index (κ3) is 5.35. The topological polar surface area (TPSA) is 98.7 Å². The van der Waals surface area contributed by atoms with Crippen molar-refractivity contribution in [3.8, 4) is 11.6 Å². The summed E-state index contributed by atoms with van der Waals surface area (Å²) in [5.41, 5.74) is 6.43. The van der Waals surface area contributed by atoms with Gasteiger partial charge in [0.15, 0.2) is 17.0 Å². The highest BCUT2D eigenvalue weighted by molar-refractivity contribution is 5.86. The Bertz CT molecular complexity index is 1720. The molecule has 1 fully saturated rings. The maximum absolute atomic E-state index is 14.7. The zero-order valence-electron chi connectivity index (χ0n) is 24.0. The summed E-state index contributed by atoms with van der Waals surface area (Å²) < 4.78 is 56.2. The molecule has 9 nitrogen and oxygen atoms in total. The highest BCUT2D eigenvalue weighted by atomic mass is 19.2. The molecule has 1 aromatic carbocycles. The summed E-state index contributed by atoms with van der Waals surface area (Å²) in [7, 11) is 1.55. The minimum absolute atomic E-state index is 0.0123. The van der Waals surface area contributed by atoms with Gasteiger partial charge in [-0.3, -0.25) is 9.69 Å². The first kappa shape index (κ1) is 28.8. The summed E-state index contributed by atoms with van der Waals surface area (Å²) in [6.07, 6.45) is 6.76. The second kappa shape index (κ2) is 11.4. The number of benzene rings is 1. The molecule has 0 saturated carbocycles. The Kier molecular flexibility index (Phi) is 7.63. The van der Waals surface area contributed by atoms with E-state index in [1.54, 1.807) is 43.3 Å². The Morgan fingerprint density at radius 1 is 1.21 bits per heavy atom. The Balaban J connectivity index is 1.43. The molecule has 5 heterocycles. The van der Waals surface area contributed by atoms with Crippen LogP contribution >= 0.6 is 0 Å². The molecule has 0 amide bonds. The van der Waals surface area contributed by atoms with Gasteiger partial charge in [0, 0.05) is 56.2 Å². The van der Waals surface area contributed by atoms with Gasteiger partial charge in [-0.15, -0.1) is 0 Å². The molecular formula is C31H33F3N6O3. The molecule has 1 unspecified atom stereocenters. The maximum Gasteiger partial charge on any atom is 0.213 e. The van der Waals surface area contributed by atoms with Gasteiger partial charge in [0.25, 0.3) is 0 Å². The van der Waals surface area contributed by atoms with Crippen LogP contribution in [0.4, 0.5) is 24.7 Å². The number of alkyl halides is 1. The number of nitrogens with zero attached hydrogens (tertiary/aromatic N) is 5. The minimum atomic E-state index is -1.20. The molecule has 2 atom stereocenters. The molecule has 12 heteroatoms. The number of piperidine rings is 1. The Hall–Kier alpha value is -4.32. The largest absolute Gasteiger partial charge is 0.486 e. The van der Waals surface area contributed by atoms with E-state index in [2.05, 4.69) is 19.8 Å². The molecule has 2 aliphatic heterocycles. The summed E-state index contributed by atoms with van der Waals surface area (Å²) in [4.78, 5) is 26.8. The minimum Gasteiger partial charge on any atom is -0.486 e. The maximum atomic E-state index is 14.7. The molecule has 0 radical (unpaired) electrons. The van der Waals surface area contributed by atoms with E-state index in [0.717, 1.165) is 36.7 Å². The van der Waals surface area contributed by atoms with E-state index in [9.17, 15) is 18.0 Å². The number of pyridine rings is 3. The molecule has 0 aliphatic carbocycles. The summed E-state index contributed by atoms with van der Waals surface area (Å²) in [6, 6.07) is 8.34. The van der Waals surface area contributed by atoms with Crippen LogP contribution in [0.2, 0.25) is 0 Å². The van der Waals surface area contributed by atoms with E-state index in [1.165, 1.54) is 0 Å². The van der Waals surface area contributed by atoms with Crippen LogP contribution in [0.25, 0.3) is 10.9 Å². The quantitative estimate of drug-likeness (QED) is 0.321. The summed E-state index contributed by atoms with van der Waals surface area (Å²) in [5.74, 6) is -1.84. The van der Waals surface area contributed by atoms with Crippen LogP contribution in [0.3, 0.4) is 0 Å². The zero-order valence-corrected chi connectivity index (χ0v) is 24.0. The molecule has 0 bridgehead atoms. The zero-order chi connectivity index (χ0) is 30.3. The molecule has 1 saturated heterocycles. The van der Waals surface area contributed by atoms with Crippen molar-refractivity contribution in [3.63, 3.8) is 0 Å². The van der Waals surface area contributed by atoms with Gasteiger partial charge in [0.1, 0.15) is 24.6 Å². The standard InChI is InChI=1S/C31H33F3N6O3/c1-31(17-32)18-43-30-27(34)24(33)11-23-28(30)40(31)15-20(29(23)41)14-39(13-19-7-8-36-26(10-19)42-2)22-4-3-9-38(16-22)21-5-6-25(35)37-12-21/h5-8,10-12,15,22H,3-4,9,13-14,16-18H2,1-2H3,(H2,35,37)/t22-,31?/m0/s1. The van der Waals surface area contributed by atoms with Crippen LogP contribution in [0.1, 0.15) is 30.9 Å². The summed E-state index contributed by atoms with van der Waals surface area (Å²) >= 11 is 0. The Labute approximate surface area is 246 Å². The smallest absolute Gasteiger partial charge is 0.213 e. The van der Waals surface area contributed by atoms with E-state index < -0.39 is 29.3 Å². The first-order chi connectivity index (χ1) is 20.7. The number of anilines is 2. The van der Waals surface area contributed by atoms with Gasteiger partial charge in [-0.2, -0.15) is 4.39 Å².